The molecule has 0 aromatic rings. The summed E-state index contributed by atoms with van der Waals surface area (Å²) < 4.78 is 0. The fourth-order valence-corrected chi connectivity index (χ4v) is 0.340. The molecule has 0 spiro atoms. The van der Waals surface area contributed by atoms with E-state index in [4.69, 9.17) is 22.1 Å². The molecule has 0 aliphatic rings. The molecule has 0 aliphatic heterocycles. The Morgan fingerprint density at radius 3 is 1.43 bits per heavy atom. The van der Waals surface area contributed by atoms with Crippen LogP contribution in [0.5, 0.6) is 0 Å². The highest BCUT2D eigenvalue weighted by Gasteiger charge is 2.37. The molecule has 0 aromatic carbocycles. The molecule has 0 heterocycles. The molecule has 0 saturated heterocycles. The molecular weight excluding hydrogens is 196 g/mol. The van der Waals surface area contributed by atoms with Crippen molar-refractivity contribution in [3.05, 3.63) is 41.8 Å². The summed E-state index contributed by atoms with van der Waals surface area (Å²) in [5.74, 6) is 0. The highest BCUT2D eigenvalue weighted by Crippen LogP contribution is 2.09. The predicted molar refractivity (Wildman–Crippen MR) is 39.0 cm³/mol. The molecule has 0 unspecified atom stereocenters. The average Bonchev–Trinajstić information content (AvgIpc) is 2.16. The van der Waals surface area contributed by atoms with Crippen molar-refractivity contribution in [2.24, 2.45) is 20.9 Å². The molecule has 0 atom stereocenters. The Labute approximate surface area is 74.3 Å². The van der Waals surface area contributed by atoms with Gasteiger partial charge in [0.15, 0.2) is 15.7 Å². The molecule has 0 amide bonds. The molecule has 14 heavy (non-hydrogen) atoms. The minimum atomic E-state index is -1.78. The van der Waals surface area contributed by atoms with E-state index in [1.807, 2.05) is 0 Å². The van der Waals surface area contributed by atoms with Gasteiger partial charge in [-0.2, -0.15) is 4.91 Å². The number of nitrogens with zero attached hydrogens (tertiary/aromatic N) is 14. The average molecular weight is 196 g/mol. The van der Waals surface area contributed by atoms with Gasteiger partial charge in [-0.3, -0.25) is 0 Å². The third-order valence-corrected chi connectivity index (χ3v) is 0.680. The maximum atomic E-state index is 8.04. The van der Waals surface area contributed by atoms with Crippen LogP contribution in [-0.2, 0) is 0 Å². The van der Waals surface area contributed by atoms with Crippen LogP contribution in [0.15, 0.2) is 20.9 Å². The summed E-state index contributed by atoms with van der Waals surface area (Å²) in [4.78, 5) is 6.94. The van der Waals surface area contributed by atoms with Crippen LogP contribution in [0.2, 0.25) is 0 Å². The first-order chi connectivity index (χ1) is 6.74. The van der Waals surface area contributed by atoms with E-state index in [1.54, 1.807) is 0 Å². The summed E-state index contributed by atoms with van der Waals surface area (Å²) in [6, 6.07) is 0. The number of hydrogen-bond donors (Lipinski definition) is 0. The van der Waals surface area contributed by atoms with Crippen LogP contribution in [-0.4, -0.2) is 4.92 Å². The zero-order chi connectivity index (χ0) is 10.9. The van der Waals surface area contributed by atoms with E-state index >= 15 is 0 Å². The molecule has 1 radical (unpaired) electrons. The first kappa shape index (κ1) is 11.0. The second-order valence-corrected chi connectivity index (χ2v) is 1.34. The van der Waals surface area contributed by atoms with Crippen molar-refractivity contribution >= 4 is 0 Å². The van der Waals surface area contributed by atoms with Gasteiger partial charge in [-0.25, -0.2) is 0 Å². The fourth-order valence-electron chi connectivity index (χ4n) is 0.340. The van der Waals surface area contributed by atoms with E-state index in [2.05, 4.69) is 46.1 Å². The van der Waals surface area contributed by atoms with Gasteiger partial charge in [0.2, 0.25) is 10.5 Å². The zero-order valence-electron chi connectivity index (χ0n) is 6.26. The highest BCUT2D eigenvalue weighted by molar-refractivity contribution is 4.37. The normalized spacial score (nSPS) is 11.4. The Bertz CT molecular complexity index is 325. The molecule has 14 nitrogen and oxygen atoms in total. The second-order valence-electron chi connectivity index (χ2n) is 1.34. The van der Waals surface area contributed by atoms with Crippen LogP contribution in [0.1, 0.15) is 0 Å². The highest BCUT2D eigenvalue weighted by atomic mass is 16.2. The Morgan fingerprint density at radius 1 is 0.714 bits per heavy atom. The predicted octanol–water partition coefficient (Wildman–Crippen LogP) is 2.22. The lowest BCUT2D eigenvalue weighted by Gasteiger charge is -1.98. The molecule has 0 bridgehead atoms. The van der Waals surface area contributed by atoms with Crippen molar-refractivity contribution < 1.29 is 4.92 Å². The van der Waals surface area contributed by atoms with E-state index in [-0.39, 0.29) is 0 Å². The quantitative estimate of drug-likeness (QED) is 0.203. The zero-order valence-corrected chi connectivity index (χ0v) is 6.26. The second kappa shape index (κ2) is 5.62. The lowest BCUT2D eigenvalue weighted by atomic mass is 11.8. The first-order valence-electron chi connectivity index (χ1n) is 2.60. The van der Waals surface area contributed by atoms with Crippen LogP contribution < -0.4 is 5.53 Å². The summed E-state index contributed by atoms with van der Waals surface area (Å²) in [6.07, 6.45) is 0. The van der Waals surface area contributed by atoms with Gasteiger partial charge in [0.05, 0.1) is 20.0 Å². The topological polar surface area (TPSA) is 209 Å². The maximum absolute atomic E-state index is 8.04. The van der Waals surface area contributed by atoms with E-state index in [0.717, 1.165) is 0 Å². The summed E-state index contributed by atoms with van der Waals surface area (Å²) in [5.41, 5.74) is 34.8. The van der Waals surface area contributed by atoms with Gasteiger partial charge in [-0.05, 0) is 0 Å². The third kappa shape index (κ3) is 2.94. The van der Waals surface area contributed by atoms with Crippen LogP contribution in [0.4, 0.5) is 0 Å². The molecule has 0 aromatic heterocycles. The van der Waals surface area contributed by atoms with Crippen molar-refractivity contribution in [2.75, 3.05) is 0 Å². The van der Waals surface area contributed by atoms with Crippen molar-refractivity contribution in [1.82, 2.24) is 5.53 Å². The molecule has 0 fully saturated rings. The molecule has 0 aliphatic carbocycles. The molecule has 14 heteroatoms. The fraction of sp³-hybridized carbons (Fsp3) is 0. The van der Waals surface area contributed by atoms with Gasteiger partial charge >= 0.3 is 0 Å². The number of azide groups is 2. The Balaban J connectivity index is 5.32. The molecule has 0 N–H and O–H groups in total. The van der Waals surface area contributed by atoms with Gasteiger partial charge < -0.3 is 0 Å². The summed E-state index contributed by atoms with van der Waals surface area (Å²) in [7, 11) is 0. The van der Waals surface area contributed by atoms with Gasteiger partial charge in [-0.15, -0.1) is 5.53 Å². The van der Waals surface area contributed by atoms with E-state index in [9.17, 15) is 0 Å². The number of quaternary nitrogens is 1. The first-order valence-corrected chi connectivity index (χ1v) is 2.60. The van der Waals surface area contributed by atoms with Gasteiger partial charge in [0.1, 0.15) is 0 Å². The Kier molecular flexibility index (Phi) is 4.42. The summed E-state index contributed by atoms with van der Waals surface area (Å²) in [6.45, 7) is 0. The summed E-state index contributed by atoms with van der Waals surface area (Å²) in [5, 5.41) is 10.7. The number of rotatable bonds is 5. The van der Waals surface area contributed by atoms with Crippen molar-refractivity contribution in [3.8, 4) is 0 Å². The maximum Gasteiger partial charge on any atom is 0.222 e. The molecule has 0 saturated carbocycles. The van der Waals surface area contributed by atoms with Gasteiger partial charge in [-0.1, -0.05) is 0 Å². The molecule has 0 rings (SSSR count). The molecule has 69 valence electrons. The minimum Gasteiger partial charge on any atom is -0.160 e. The van der Waals surface area contributed by atoms with E-state index < -0.39 is 4.92 Å². The lowest BCUT2D eigenvalue weighted by molar-refractivity contribution is -0.998. The smallest absolute Gasteiger partial charge is 0.160 e. The summed E-state index contributed by atoms with van der Waals surface area (Å²) >= 11 is 0. The van der Waals surface area contributed by atoms with E-state index in [1.165, 1.54) is 0 Å². The van der Waals surface area contributed by atoms with Crippen molar-refractivity contribution in [1.29, 1.82) is 0 Å². The van der Waals surface area contributed by atoms with E-state index in [0.29, 0.717) is 0 Å². The van der Waals surface area contributed by atoms with Crippen molar-refractivity contribution in [3.63, 3.8) is 0 Å². The van der Waals surface area contributed by atoms with Crippen LogP contribution in [0, 0.1) is 0 Å². The Hall–Kier alpha value is -3.00. The third-order valence-electron chi connectivity index (χ3n) is 0.680. The SMILES string of the molecule is [N-]=[N+]=N[N][N+](N=[N+]=[N-])(N=[N+]=[N-])N=[N+]=[N-]. The standard InChI is InChI=1S/N14/c1-5-9-13-14(10-6-2,11-7-3)12-8-4/q+1. The monoisotopic (exact) mass is 196 g/mol. The van der Waals surface area contributed by atoms with Gasteiger partial charge in [0, 0.05) is 16.6 Å². The largest absolute Gasteiger partial charge is 0.222 e. The lowest BCUT2D eigenvalue weighted by Crippen LogP contribution is -2.34. The van der Waals surface area contributed by atoms with Crippen LogP contribution in [0.3, 0.4) is 0 Å². The van der Waals surface area contributed by atoms with Crippen LogP contribution in [0.25, 0.3) is 41.8 Å². The Morgan fingerprint density at radius 2 is 1.14 bits per heavy atom. The minimum absolute atomic E-state index is 1.78. The van der Waals surface area contributed by atoms with Crippen LogP contribution >= 0.6 is 0 Å². The molecular formula is N14+. The van der Waals surface area contributed by atoms with Gasteiger partial charge in [0.25, 0.3) is 0 Å². The number of hydrogen-bond acceptors (Lipinski definition) is 4. The van der Waals surface area contributed by atoms with Crippen molar-refractivity contribution in [2.45, 2.75) is 0 Å².